The molecule has 1 aromatic heterocycles. The normalized spacial score (nSPS) is 11.6. The van der Waals surface area contributed by atoms with Crippen molar-refractivity contribution in [3.63, 3.8) is 0 Å². The van der Waals surface area contributed by atoms with Gasteiger partial charge in [-0.05, 0) is 53.2 Å². The molecule has 5 aromatic rings. The smallest absolute Gasteiger partial charge is 0.227 e. The Balaban J connectivity index is 1.50. The van der Waals surface area contributed by atoms with Crippen molar-refractivity contribution in [2.45, 2.75) is 0 Å². The molecule has 4 aromatic carbocycles. The van der Waals surface area contributed by atoms with E-state index in [1.807, 2.05) is 48.5 Å². The molecular weight excluding hydrogens is 348 g/mol. The molecule has 0 aliphatic rings. The molecule has 0 aliphatic carbocycles. The second-order valence-corrected chi connectivity index (χ2v) is 6.55. The Morgan fingerprint density at radius 3 is 2.54 bits per heavy atom. The van der Waals surface area contributed by atoms with Gasteiger partial charge < -0.3 is 9.52 Å². The lowest BCUT2D eigenvalue weighted by atomic mass is 10.1. The molecule has 0 unspecified atom stereocenters. The molecule has 28 heavy (non-hydrogen) atoms. The van der Waals surface area contributed by atoms with E-state index in [9.17, 15) is 5.11 Å². The van der Waals surface area contributed by atoms with Crippen molar-refractivity contribution in [2.75, 3.05) is 0 Å². The average molecular weight is 364 g/mol. The van der Waals surface area contributed by atoms with Crippen LogP contribution in [-0.2, 0) is 0 Å². The maximum absolute atomic E-state index is 9.85. The maximum Gasteiger partial charge on any atom is 0.227 e. The van der Waals surface area contributed by atoms with Crippen LogP contribution in [0.25, 0.3) is 33.3 Å². The number of nitrogens with zero attached hydrogens (tertiary/aromatic N) is 2. The summed E-state index contributed by atoms with van der Waals surface area (Å²) >= 11 is 0. The van der Waals surface area contributed by atoms with Crippen LogP contribution in [0.1, 0.15) is 5.56 Å². The molecule has 0 fully saturated rings. The van der Waals surface area contributed by atoms with Gasteiger partial charge in [0.25, 0.3) is 0 Å². The van der Waals surface area contributed by atoms with Gasteiger partial charge in [0.15, 0.2) is 5.58 Å². The molecule has 0 radical (unpaired) electrons. The third kappa shape index (κ3) is 3.01. The van der Waals surface area contributed by atoms with E-state index >= 15 is 0 Å². The molecule has 0 spiro atoms. The van der Waals surface area contributed by atoms with E-state index in [1.54, 1.807) is 18.3 Å². The van der Waals surface area contributed by atoms with Crippen LogP contribution in [0.2, 0.25) is 0 Å². The number of aromatic nitrogens is 1. The van der Waals surface area contributed by atoms with Gasteiger partial charge >= 0.3 is 0 Å². The number of fused-ring (bicyclic) bond motifs is 2. The number of hydrogen-bond donors (Lipinski definition) is 1. The Bertz CT molecular complexity index is 1340. The van der Waals surface area contributed by atoms with Gasteiger partial charge in [0.2, 0.25) is 5.89 Å². The van der Waals surface area contributed by atoms with Crippen LogP contribution in [0.15, 0.2) is 94.3 Å². The number of oxazole rings is 1. The standard InChI is InChI=1S/C24H16N2O2/c27-22-8-4-3-7-19(22)15-25-20-11-12-23-21(14-20)26-24(28-23)18-10-9-16-5-1-2-6-17(16)13-18/h1-15,27H. The third-order valence-corrected chi connectivity index (χ3v) is 4.66. The highest BCUT2D eigenvalue weighted by Gasteiger charge is 2.09. The summed E-state index contributed by atoms with van der Waals surface area (Å²) in [6, 6.07) is 27.1. The fraction of sp³-hybridized carbons (Fsp3) is 0. The molecule has 1 N–H and O–H groups in total. The molecule has 1 heterocycles. The molecule has 0 bridgehead atoms. The van der Waals surface area contributed by atoms with E-state index in [2.05, 4.69) is 34.2 Å². The molecule has 5 rings (SSSR count). The molecule has 134 valence electrons. The van der Waals surface area contributed by atoms with Crippen molar-refractivity contribution in [2.24, 2.45) is 4.99 Å². The molecule has 0 saturated heterocycles. The minimum absolute atomic E-state index is 0.201. The van der Waals surface area contributed by atoms with Crippen molar-refractivity contribution >= 4 is 33.8 Å². The number of benzene rings is 4. The minimum Gasteiger partial charge on any atom is -0.507 e. The Labute approximate surface area is 161 Å². The fourth-order valence-electron chi connectivity index (χ4n) is 3.18. The lowest BCUT2D eigenvalue weighted by molar-refractivity contribution is 0.474. The number of phenols is 1. The number of rotatable bonds is 3. The summed E-state index contributed by atoms with van der Waals surface area (Å²) in [7, 11) is 0. The second-order valence-electron chi connectivity index (χ2n) is 6.55. The Kier molecular flexibility index (Phi) is 3.87. The van der Waals surface area contributed by atoms with E-state index in [4.69, 9.17) is 4.42 Å². The van der Waals surface area contributed by atoms with Gasteiger partial charge in [-0.25, -0.2) is 4.98 Å². The van der Waals surface area contributed by atoms with Crippen LogP contribution in [-0.4, -0.2) is 16.3 Å². The fourth-order valence-corrected chi connectivity index (χ4v) is 3.18. The minimum atomic E-state index is 0.201. The van der Waals surface area contributed by atoms with Crippen molar-refractivity contribution in [1.82, 2.24) is 4.98 Å². The summed E-state index contributed by atoms with van der Waals surface area (Å²) in [6.07, 6.45) is 1.64. The van der Waals surface area contributed by atoms with Crippen LogP contribution in [0.3, 0.4) is 0 Å². The summed E-state index contributed by atoms with van der Waals surface area (Å²) in [5, 5.41) is 12.2. The summed E-state index contributed by atoms with van der Waals surface area (Å²) in [5.41, 5.74) is 3.81. The zero-order chi connectivity index (χ0) is 18.9. The average Bonchev–Trinajstić information content (AvgIpc) is 3.16. The molecular formula is C24H16N2O2. The SMILES string of the molecule is Oc1ccccc1C=Nc1ccc2oc(-c3ccc4ccccc4c3)nc2c1. The van der Waals surface area contributed by atoms with E-state index in [0.29, 0.717) is 17.0 Å². The summed E-state index contributed by atoms with van der Waals surface area (Å²) in [4.78, 5) is 9.08. The third-order valence-electron chi connectivity index (χ3n) is 4.66. The molecule has 4 nitrogen and oxygen atoms in total. The van der Waals surface area contributed by atoms with E-state index < -0.39 is 0 Å². The number of aliphatic imine (C=N–C) groups is 1. The molecule has 0 amide bonds. The quantitative estimate of drug-likeness (QED) is 0.393. The molecule has 4 heteroatoms. The highest BCUT2D eigenvalue weighted by molar-refractivity contribution is 5.88. The number of phenolic OH excluding ortho intramolecular Hbond substituents is 1. The van der Waals surface area contributed by atoms with Crippen molar-refractivity contribution < 1.29 is 9.52 Å². The topological polar surface area (TPSA) is 58.6 Å². The van der Waals surface area contributed by atoms with Crippen LogP contribution in [0, 0.1) is 0 Å². The summed E-state index contributed by atoms with van der Waals surface area (Å²) in [5.74, 6) is 0.787. The van der Waals surface area contributed by atoms with Gasteiger partial charge in [-0.2, -0.15) is 0 Å². The highest BCUT2D eigenvalue weighted by Crippen LogP contribution is 2.29. The van der Waals surface area contributed by atoms with Gasteiger partial charge in [-0.1, -0.05) is 42.5 Å². The zero-order valence-electron chi connectivity index (χ0n) is 14.9. The van der Waals surface area contributed by atoms with Gasteiger partial charge in [-0.3, -0.25) is 4.99 Å². The van der Waals surface area contributed by atoms with Crippen molar-refractivity contribution in [1.29, 1.82) is 0 Å². The Morgan fingerprint density at radius 1 is 0.821 bits per heavy atom. The van der Waals surface area contributed by atoms with Gasteiger partial charge in [0.1, 0.15) is 11.3 Å². The highest BCUT2D eigenvalue weighted by atomic mass is 16.3. The van der Waals surface area contributed by atoms with Gasteiger partial charge in [-0.15, -0.1) is 0 Å². The van der Waals surface area contributed by atoms with Crippen molar-refractivity contribution in [3.8, 4) is 17.2 Å². The predicted molar refractivity (Wildman–Crippen MR) is 112 cm³/mol. The van der Waals surface area contributed by atoms with E-state index in [0.717, 1.165) is 22.2 Å². The maximum atomic E-state index is 9.85. The first-order valence-electron chi connectivity index (χ1n) is 8.98. The first-order chi connectivity index (χ1) is 13.8. The van der Waals surface area contributed by atoms with Crippen LogP contribution >= 0.6 is 0 Å². The summed E-state index contributed by atoms with van der Waals surface area (Å²) < 4.78 is 5.94. The van der Waals surface area contributed by atoms with Gasteiger partial charge in [0.05, 0.1) is 5.69 Å². The zero-order valence-corrected chi connectivity index (χ0v) is 14.9. The van der Waals surface area contributed by atoms with E-state index in [-0.39, 0.29) is 5.75 Å². The van der Waals surface area contributed by atoms with Gasteiger partial charge in [0, 0.05) is 17.3 Å². The lowest BCUT2D eigenvalue weighted by Crippen LogP contribution is -1.80. The number of aromatic hydroxyl groups is 1. The largest absolute Gasteiger partial charge is 0.507 e. The van der Waals surface area contributed by atoms with Crippen LogP contribution in [0.4, 0.5) is 5.69 Å². The predicted octanol–water partition coefficient (Wildman–Crippen LogP) is 6.10. The molecule has 0 aliphatic heterocycles. The lowest BCUT2D eigenvalue weighted by Gasteiger charge is -1.99. The first-order valence-corrected chi connectivity index (χ1v) is 8.98. The van der Waals surface area contributed by atoms with Crippen molar-refractivity contribution in [3.05, 3.63) is 90.5 Å². The second kappa shape index (κ2) is 6.67. The first kappa shape index (κ1) is 16.3. The molecule has 0 atom stereocenters. The number of para-hydroxylation sites is 1. The Morgan fingerprint density at radius 2 is 1.64 bits per heavy atom. The van der Waals surface area contributed by atoms with E-state index in [1.165, 1.54) is 5.39 Å². The molecule has 0 saturated carbocycles. The summed E-state index contributed by atoms with van der Waals surface area (Å²) in [6.45, 7) is 0. The monoisotopic (exact) mass is 364 g/mol. The number of hydrogen-bond acceptors (Lipinski definition) is 4. The van der Waals surface area contributed by atoms with Crippen LogP contribution < -0.4 is 0 Å². The Hall–Kier alpha value is -3.92. The van der Waals surface area contributed by atoms with Crippen LogP contribution in [0.5, 0.6) is 5.75 Å².